The number of nitrogens with zero attached hydrogens (tertiary/aromatic N) is 2. The van der Waals surface area contributed by atoms with Crippen molar-refractivity contribution in [2.75, 3.05) is 26.2 Å². The van der Waals surface area contributed by atoms with Crippen LogP contribution in [0.5, 0.6) is 0 Å². The number of aliphatic imine (C=N–C) groups is 1. The van der Waals surface area contributed by atoms with Crippen molar-refractivity contribution in [2.45, 2.75) is 108 Å². The number of nitrogens with one attached hydrogen (secondary N) is 1. The molecule has 0 saturated carbocycles. The van der Waals surface area contributed by atoms with Gasteiger partial charge < -0.3 is 16.6 Å². The zero-order valence-corrected chi connectivity index (χ0v) is 20.4. The predicted molar refractivity (Wildman–Crippen MR) is 135 cm³/mol. The van der Waals surface area contributed by atoms with Crippen LogP contribution in [0.15, 0.2) is 29.8 Å². The minimum atomic E-state index is -0.674. The van der Waals surface area contributed by atoms with Gasteiger partial charge in [-0.25, -0.2) is 0 Å². The molecule has 1 saturated heterocycles. The summed E-state index contributed by atoms with van der Waals surface area (Å²) in [7, 11) is 0. The average molecular weight is 449 g/mol. The highest BCUT2D eigenvalue weighted by atomic mass is 16.3. The second kappa shape index (κ2) is 15.5. The van der Waals surface area contributed by atoms with Crippen molar-refractivity contribution < 1.29 is 10.0 Å². The fraction of sp³-hybridized carbons (Fsp3) is 0.808. The monoisotopic (exact) mass is 448 g/mol. The van der Waals surface area contributed by atoms with Crippen LogP contribution >= 0.6 is 0 Å². The highest BCUT2D eigenvalue weighted by Crippen LogP contribution is 2.21. The van der Waals surface area contributed by atoms with E-state index >= 15 is 0 Å². The first-order chi connectivity index (χ1) is 15.6. The van der Waals surface area contributed by atoms with Crippen LogP contribution in [0, 0.1) is 0 Å². The molecule has 2 rings (SSSR count). The van der Waals surface area contributed by atoms with E-state index in [1.807, 2.05) is 6.08 Å². The lowest BCUT2D eigenvalue weighted by Crippen LogP contribution is -3.24. The van der Waals surface area contributed by atoms with Gasteiger partial charge in [0.1, 0.15) is 0 Å². The first-order valence-electron chi connectivity index (χ1n) is 13.2. The fourth-order valence-electron chi connectivity index (χ4n) is 5.27. The third-order valence-electron chi connectivity index (χ3n) is 7.12. The van der Waals surface area contributed by atoms with Crippen LogP contribution in [0.1, 0.15) is 96.3 Å². The molecule has 0 aromatic rings. The second-order valence-electron chi connectivity index (χ2n) is 9.77. The molecule has 0 aromatic heterocycles. The SMILES string of the molecule is C=CCCCCCCCCCCCCC1(O)C=CC2N(CCCCN=C(N)N)CCC[NH+]21. The van der Waals surface area contributed by atoms with Crippen molar-refractivity contribution in [2.24, 2.45) is 16.5 Å². The smallest absolute Gasteiger partial charge is 0.220 e. The quantitative estimate of drug-likeness (QED) is 0.112. The van der Waals surface area contributed by atoms with Gasteiger partial charge in [-0.15, -0.1) is 6.58 Å². The van der Waals surface area contributed by atoms with Crippen molar-refractivity contribution in [3.05, 3.63) is 24.8 Å². The maximum atomic E-state index is 11.3. The van der Waals surface area contributed by atoms with E-state index in [1.165, 1.54) is 69.1 Å². The van der Waals surface area contributed by atoms with Crippen LogP contribution in [0.3, 0.4) is 0 Å². The molecule has 2 aliphatic heterocycles. The lowest BCUT2D eigenvalue weighted by molar-refractivity contribution is -0.995. The number of fused-ring (bicyclic) bond motifs is 1. The molecule has 1 fully saturated rings. The largest absolute Gasteiger partial charge is 0.370 e. The van der Waals surface area contributed by atoms with Gasteiger partial charge in [-0.3, -0.25) is 14.8 Å². The topological polar surface area (TPSA) is 92.3 Å². The number of aliphatic hydroxyl groups is 1. The van der Waals surface area contributed by atoms with Crippen LogP contribution in [0.4, 0.5) is 0 Å². The zero-order chi connectivity index (χ0) is 23.1. The molecule has 0 aromatic carbocycles. The Labute approximate surface area is 196 Å². The van der Waals surface area contributed by atoms with E-state index in [1.54, 1.807) is 0 Å². The van der Waals surface area contributed by atoms with Crippen LogP contribution in [-0.4, -0.2) is 54.0 Å². The molecule has 32 heavy (non-hydrogen) atoms. The molecule has 3 unspecified atom stereocenters. The van der Waals surface area contributed by atoms with E-state index in [4.69, 9.17) is 11.5 Å². The van der Waals surface area contributed by atoms with Gasteiger partial charge in [0.15, 0.2) is 12.1 Å². The van der Waals surface area contributed by atoms with Crippen LogP contribution in [0.2, 0.25) is 0 Å². The van der Waals surface area contributed by atoms with Gasteiger partial charge in [-0.2, -0.15) is 0 Å². The standard InChI is InChI=1S/C26H49N5O/c1-2-3-4-5-6-7-8-9-10-11-12-13-18-26(32)19-17-24-30(22-16-23-31(24)26)21-15-14-20-29-25(27)28/h2,17,19,24,32H,1,3-16,18,20-23H2,(H4,27,28,29)/p+1. The lowest BCUT2D eigenvalue weighted by atomic mass is 10.0. The first kappa shape index (κ1) is 26.9. The van der Waals surface area contributed by atoms with Crippen molar-refractivity contribution >= 4 is 5.96 Å². The van der Waals surface area contributed by atoms with Crippen LogP contribution < -0.4 is 16.4 Å². The fourth-order valence-corrected chi connectivity index (χ4v) is 5.27. The molecule has 2 heterocycles. The number of hydrogen-bond donors (Lipinski definition) is 4. The van der Waals surface area contributed by atoms with Crippen molar-refractivity contribution in [3.63, 3.8) is 0 Å². The lowest BCUT2D eigenvalue weighted by Gasteiger charge is -2.42. The molecule has 184 valence electrons. The Balaban J connectivity index is 1.56. The molecular formula is C26H50N5O+. The summed E-state index contributed by atoms with van der Waals surface area (Å²) in [6.07, 6.45) is 25.1. The normalized spacial score (nSPS) is 25.0. The van der Waals surface area contributed by atoms with E-state index < -0.39 is 5.72 Å². The average Bonchev–Trinajstić information content (AvgIpc) is 3.12. The minimum Gasteiger partial charge on any atom is -0.370 e. The van der Waals surface area contributed by atoms with Gasteiger partial charge in [0.05, 0.1) is 6.54 Å². The first-order valence-corrected chi connectivity index (χ1v) is 13.2. The summed E-state index contributed by atoms with van der Waals surface area (Å²) in [5, 5.41) is 11.3. The summed E-state index contributed by atoms with van der Waals surface area (Å²) in [6, 6.07) is 0. The molecule has 0 radical (unpaired) electrons. The van der Waals surface area contributed by atoms with Gasteiger partial charge in [0.2, 0.25) is 5.72 Å². The Bertz CT molecular complexity index is 575. The summed E-state index contributed by atoms with van der Waals surface area (Å²) >= 11 is 0. The highest BCUT2D eigenvalue weighted by Gasteiger charge is 2.48. The molecule has 6 nitrogen and oxygen atoms in total. The molecule has 2 aliphatic rings. The third-order valence-corrected chi connectivity index (χ3v) is 7.12. The number of unbranched alkanes of at least 4 members (excludes halogenated alkanes) is 11. The number of quaternary nitrogens is 1. The molecule has 0 aliphatic carbocycles. The second-order valence-corrected chi connectivity index (χ2v) is 9.77. The summed E-state index contributed by atoms with van der Waals surface area (Å²) < 4.78 is 0. The van der Waals surface area contributed by atoms with E-state index in [9.17, 15) is 5.11 Å². The number of rotatable bonds is 18. The van der Waals surface area contributed by atoms with E-state index in [0.29, 0.717) is 12.7 Å². The van der Waals surface area contributed by atoms with Crippen LogP contribution in [0.25, 0.3) is 0 Å². The highest BCUT2D eigenvalue weighted by molar-refractivity contribution is 5.75. The molecule has 6 N–H and O–H groups in total. The number of nitrogens with two attached hydrogens (primary N) is 2. The van der Waals surface area contributed by atoms with E-state index in [0.717, 1.165) is 51.7 Å². The summed E-state index contributed by atoms with van der Waals surface area (Å²) in [5.74, 6) is 0.178. The van der Waals surface area contributed by atoms with Gasteiger partial charge in [0, 0.05) is 38.6 Å². The van der Waals surface area contributed by atoms with Crippen molar-refractivity contribution in [1.82, 2.24) is 4.90 Å². The number of hydrogen-bond acceptors (Lipinski definition) is 3. The van der Waals surface area contributed by atoms with Gasteiger partial charge >= 0.3 is 0 Å². The van der Waals surface area contributed by atoms with Gasteiger partial charge in [-0.05, 0) is 38.2 Å². The Morgan fingerprint density at radius 1 is 1.03 bits per heavy atom. The third kappa shape index (κ3) is 9.63. The Morgan fingerprint density at radius 3 is 2.34 bits per heavy atom. The van der Waals surface area contributed by atoms with E-state index in [2.05, 4.69) is 28.6 Å². The summed E-state index contributed by atoms with van der Waals surface area (Å²) in [4.78, 5) is 7.94. The Hall–Kier alpha value is -1.37. The minimum absolute atomic E-state index is 0.178. The maximum absolute atomic E-state index is 11.3. The summed E-state index contributed by atoms with van der Waals surface area (Å²) in [6.45, 7) is 7.71. The zero-order valence-electron chi connectivity index (χ0n) is 20.4. The number of guanidine groups is 1. The van der Waals surface area contributed by atoms with Gasteiger partial charge in [-0.1, -0.05) is 57.4 Å². The molecule has 0 spiro atoms. The van der Waals surface area contributed by atoms with Gasteiger partial charge in [0.25, 0.3) is 0 Å². The molecule has 3 atom stereocenters. The number of allylic oxidation sites excluding steroid dienone is 1. The Kier molecular flexibility index (Phi) is 13.0. The van der Waals surface area contributed by atoms with Crippen molar-refractivity contribution in [1.29, 1.82) is 0 Å². The summed E-state index contributed by atoms with van der Waals surface area (Å²) in [5.41, 5.74) is 10.1. The molecule has 0 amide bonds. The van der Waals surface area contributed by atoms with E-state index in [-0.39, 0.29) is 5.96 Å². The molecule has 6 heteroatoms. The Morgan fingerprint density at radius 2 is 1.69 bits per heavy atom. The van der Waals surface area contributed by atoms with Crippen molar-refractivity contribution in [3.8, 4) is 0 Å². The maximum Gasteiger partial charge on any atom is 0.220 e. The predicted octanol–water partition coefficient (Wildman–Crippen LogP) is 3.08. The molecular weight excluding hydrogens is 398 g/mol. The molecule has 0 bridgehead atoms. The van der Waals surface area contributed by atoms with Crippen LogP contribution in [-0.2, 0) is 0 Å².